The van der Waals surface area contributed by atoms with Crippen LogP contribution in [0.15, 0.2) is 41.3 Å². The number of benzene rings is 1. The molecule has 1 aromatic carbocycles. The second kappa shape index (κ2) is 6.45. The van der Waals surface area contributed by atoms with Crippen LogP contribution in [0.1, 0.15) is 16.2 Å². The highest BCUT2D eigenvalue weighted by Crippen LogP contribution is 2.30. The van der Waals surface area contributed by atoms with Gasteiger partial charge in [-0.15, -0.1) is 0 Å². The highest BCUT2D eigenvalue weighted by molar-refractivity contribution is 6.31. The molecule has 4 aromatic rings. The van der Waals surface area contributed by atoms with E-state index in [1.165, 1.54) is 9.58 Å². The van der Waals surface area contributed by atoms with E-state index in [9.17, 15) is 9.59 Å². The summed E-state index contributed by atoms with van der Waals surface area (Å²) in [4.78, 5) is 31.9. The van der Waals surface area contributed by atoms with E-state index in [0.717, 1.165) is 16.6 Å². The average molecular weight is 396 g/mol. The van der Waals surface area contributed by atoms with Gasteiger partial charge in [0.05, 0.1) is 17.4 Å². The molecule has 0 radical (unpaired) electrons. The lowest BCUT2D eigenvalue weighted by Gasteiger charge is -2.13. The normalized spacial score (nSPS) is 11.3. The van der Waals surface area contributed by atoms with E-state index in [1.54, 1.807) is 56.2 Å². The molecule has 3 aromatic heterocycles. The Labute approximate surface area is 165 Å². The van der Waals surface area contributed by atoms with Gasteiger partial charge in [0.25, 0.3) is 11.5 Å². The van der Waals surface area contributed by atoms with Crippen LogP contribution in [0.5, 0.6) is 0 Å². The summed E-state index contributed by atoms with van der Waals surface area (Å²) in [6, 6.07) is 8.88. The first-order valence-electron chi connectivity index (χ1n) is 8.65. The van der Waals surface area contributed by atoms with Gasteiger partial charge in [0.15, 0.2) is 5.69 Å². The number of rotatable bonds is 2. The van der Waals surface area contributed by atoms with Crippen LogP contribution in [0.25, 0.3) is 27.5 Å². The first-order valence-corrected chi connectivity index (χ1v) is 9.03. The molecule has 28 heavy (non-hydrogen) atoms. The predicted octanol–water partition coefficient (Wildman–Crippen LogP) is 2.94. The van der Waals surface area contributed by atoms with Gasteiger partial charge in [0, 0.05) is 42.6 Å². The van der Waals surface area contributed by atoms with Crippen LogP contribution in [0, 0.1) is 6.92 Å². The molecule has 0 spiro atoms. The molecule has 0 aliphatic rings. The Bertz CT molecular complexity index is 1300. The highest BCUT2D eigenvalue weighted by atomic mass is 35.5. The summed E-state index contributed by atoms with van der Waals surface area (Å²) in [6.07, 6.45) is 1.57. The van der Waals surface area contributed by atoms with Gasteiger partial charge in [-0.1, -0.05) is 17.7 Å². The molecule has 0 aliphatic carbocycles. The Morgan fingerprint density at radius 2 is 1.93 bits per heavy atom. The number of carbonyl (C=O) groups is 1. The van der Waals surface area contributed by atoms with Gasteiger partial charge in [-0.2, -0.15) is 9.78 Å². The van der Waals surface area contributed by atoms with E-state index in [1.807, 2.05) is 13.0 Å². The molecule has 4 rings (SSSR count). The number of hydrogen-bond donors (Lipinski definition) is 0. The Morgan fingerprint density at radius 1 is 1.18 bits per heavy atom. The van der Waals surface area contributed by atoms with Gasteiger partial charge in [0.1, 0.15) is 5.52 Å². The summed E-state index contributed by atoms with van der Waals surface area (Å²) < 4.78 is 2.98. The first-order chi connectivity index (χ1) is 13.3. The van der Waals surface area contributed by atoms with Crippen molar-refractivity contribution in [2.75, 3.05) is 14.1 Å². The van der Waals surface area contributed by atoms with Crippen LogP contribution in [0.3, 0.4) is 0 Å². The van der Waals surface area contributed by atoms with Crippen molar-refractivity contribution in [1.29, 1.82) is 0 Å². The molecule has 0 N–H and O–H groups in total. The van der Waals surface area contributed by atoms with Crippen LogP contribution in [-0.2, 0) is 7.05 Å². The van der Waals surface area contributed by atoms with Gasteiger partial charge in [-0.3, -0.25) is 14.6 Å². The maximum Gasteiger partial charge on any atom is 0.296 e. The Kier molecular flexibility index (Phi) is 4.19. The van der Waals surface area contributed by atoms with Crippen LogP contribution in [-0.4, -0.2) is 44.2 Å². The molecule has 142 valence electrons. The number of hydrogen-bond acceptors (Lipinski definition) is 4. The molecule has 8 heteroatoms. The van der Waals surface area contributed by atoms with Crippen molar-refractivity contribution in [3.05, 3.63) is 63.3 Å². The van der Waals surface area contributed by atoms with Crippen LogP contribution in [0.4, 0.5) is 0 Å². The first kappa shape index (κ1) is 18.2. The average Bonchev–Trinajstić information content (AvgIpc) is 2.95. The number of nitrogens with zero attached hydrogens (tertiary/aromatic N) is 5. The van der Waals surface area contributed by atoms with Gasteiger partial charge >= 0.3 is 0 Å². The van der Waals surface area contributed by atoms with Crippen molar-refractivity contribution in [2.45, 2.75) is 6.92 Å². The fourth-order valence-corrected chi connectivity index (χ4v) is 3.48. The minimum Gasteiger partial charge on any atom is -0.343 e. The Balaban J connectivity index is 2.20. The van der Waals surface area contributed by atoms with Gasteiger partial charge in [0.2, 0.25) is 0 Å². The highest BCUT2D eigenvalue weighted by Gasteiger charge is 2.24. The van der Waals surface area contributed by atoms with E-state index in [4.69, 9.17) is 11.6 Å². The summed E-state index contributed by atoms with van der Waals surface area (Å²) in [5.74, 6) is -0.290. The minimum absolute atomic E-state index is 0.202. The molecule has 0 atom stereocenters. The third kappa shape index (κ3) is 2.66. The standard InChI is InChI=1S/C20H18ClN5O2/c1-11-5-7-13(10-22-11)26-20(28)18-16(17(23-26)19(27)24(2)3)14-8-6-12(21)9-15(14)25(18)4/h5-10H,1-4H3. The summed E-state index contributed by atoms with van der Waals surface area (Å²) in [7, 11) is 5.09. The van der Waals surface area contributed by atoms with Gasteiger partial charge < -0.3 is 9.47 Å². The zero-order valence-corrected chi connectivity index (χ0v) is 16.7. The molecule has 0 fully saturated rings. The Morgan fingerprint density at radius 3 is 2.57 bits per heavy atom. The van der Waals surface area contributed by atoms with E-state index >= 15 is 0 Å². The molecule has 1 amide bonds. The topological polar surface area (TPSA) is 73.0 Å². The lowest BCUT2D eigenvalue weighted by Crippen LogP contribution is -2.30. The third-order valence-corrected chi connectivity index (χ3v) is 4.98. The number of carbonyl (C=O) groups excluding carboxylic acids is 1. The maximum absolute atomic E-state index is 13.3. The van der Waals surface area contributed by atoms with Crippen molar-refractivity contribution in [2.24, 2.45) is 7.05 Å². The zero-order chi connectivity index (χ0) is 20.2. The molecule has 0 bridgehead atoms. The molecule has 0 aliphatic heterocycles. The number of amides is 1. The monoisotopic (exact) mass is 395 g/mol. The molecular formula is C20H18ClN5O2. The second-order valence-corrected chi connectivity index (χ2v) is 7.30. The summed E-state index contributed by atoms with van der Waals surface area (Å²) >= 11 is 6.16. The van der Waals surface area contributed by atoms with E-state index < -0.39 is 0 Å². The minimum atomic E-state index is -0.328. The van der Waals surface area contributed by atoms with E-state index in [-0.39, 0.29) is 17.2 Å². The molecule has 0 unspecified atom stereocenters. The molecular weight excluding hydrogens is 378 g/mol. The van der Waals surface area contributed by atoms with Gasteiger partial charge in [-0.25, -0.2) is 0 Å². The van der Waals surface area contributed by atoms with Crippen molar-refractivity contribution < 1.29 is 4.79 Å². The number of halogens is 1. The predicted molar refractivity (Wildman–Crippen MR) is 109 cm³/mol. The molecule has 3 heterocycles. The van der Waals surface area contributed by atoms with E-state index in [0.29, 0.717) is 21.6 Å². The Hall–Kier alpha value is -3.19. The third-order valence-electron chi connectivity index (χ3n) is 4.74. The lowest BCUT2D eigenvalue weighted by molar-refractivity contribution is 0.0822. The number of pyridine rings is 1. The molecule has 0 saturated carbocycles. The number of aryl methyl sites for hydroxylation is 2. The van der Waals surface area contributed by atoms with Crippen molar-refractivity contribution in [3.8, 4) is 5.69 Å². The fraction of sp³-hybridized carbons (Fsp3) is 0.200. The lowest BCUT2D eigenvalue weighted by atomic mass is 10.1. The molecule has 0 saturated heterocycles. The quantitative estimate of drug-likeness (QED) is 0.523. The number of fused-ring (bicyclic) bond motifs is 3. The SMILES string of the molecule is Cc1ccc(-n2nc(C(=O)N(C)C)c3c4ccc(Cl)cc4n(C)c3c2=O)cn1. The summed E-state index contributed by atoms with van der Waals surface area (Å²) in [5, 5.41) is 6.26. The largest absolute Gasteiger partial charge is 0.343 e. The zero-order valence-electron chi connectivity index (χ0n) is 15.9. The van der Waals surface area contributed by atoms with Crippen molar-refractivity contribution >= 4 is 39.3 Å². The van der Waals surface area contributed by atoms with Crippen LogP contribution >= 0.6 is 11.6 Å². The maximum atomic E-state index is 13.3. The second-order valence-electron chi connectivity index (χ2n) is 6.87. The van der Waals surface area contributed by atoms with Gasteiger partial charge in [-0.05, 0) is 31.2 Å². The molecule has 7 nitrogen and oxygen atoms in total. The van der Waals surface area contributed by atoms with E-state index in [2.05, 4.69) is 10.1 Å². The summed E-state index contributed by atoms with van der Waals surface area (Å²) in [6.45, 7) is 1.86. The van der Waals surface area contributed by atoms with Crippen LogP contribution < -0.4 is 5.56 Å². The summed E-state index contributed by atoms with van der Waals surface area (Å²) in [5.41, 5.74) is 2.33. The van der Waals surface area contributed by atoms with Crippen LogP contribution in [0.2, 0.25) is 5.02 Å². The number of aromatic nitrogens is 4. The van der Waals surface area contributed by atoms with Crippen molar-refractivity contribution in [3.63, 3.8) is 0 Å². The van der Waals surface area contributed by atoms with Crippen molar-refractivity contribution in [1.82, 2.24) is 24.2 Å². The smallest absolute Gasteiger partial charge is 0.296 e. The fourth-order valence-electron chi connectivity index (χ4n) is 3.32.